The van der Waals surface area contributed by atoms with Crippen LogP contribution in [0.5, 0.6) is 0 Å². The van der Waals surface area contributed by atoms with E-state index in [2.05, 4.69) is 45.0 Å². The molecule has 0 spiro atoms. The van der Waals surface area contributed by atoms with Crippen LogP contribution < -0.4 is 4.89 Å². The monoisotopic (exact) mass is 361 g/mol. The Bertz CT molecular complexity index is 542. The van der Waals surface area contributed by atoms with Crippen molar-refractivity contribution in [3.05, 3.63) is 35.4 Å². The second kappa shape index (κ2) is 6.54. The van der Waals surface area contributed by atoms with Gasteiger partial charge in [0.15, 0.2) is 0 Å². The highest BCUT2D eigenvalue weighted by Crippen LogP contribution is 2.62. The minimum Gasteiger partial charge on any atom is -0.800 e. The van der Waals surface area contributed by atoms with Crippen molar-refractivity contribution in [1.29, 1.82) is 0 Å². The van der Waals surface area contributed by atoms with Gasteiger partial charge in [-0.15, -0.1) is 0 Å². The zero-order chi connectivity index (χ0) is 15.8. The summed E-state index contributed by atoms with van der Waals surface area (Å²) < 4.78 is 5.89. The lowest BCUT2D eigenvalue weighted by molar-refractivity contribution is -0.188. The summed E-state index contributed by atoms with van der Waals surface area (Å²) in [5, 5.41) is 0.167. The SMILES string of the molecule is Cc1ccc([C@@H]2SSC(C)(C)[C@H]2OP([O-])(=S)C(C)C)cc1. The molecule has 0 aliphatic carbocycles. The average Bonchev–Trinajstić information content (AvgIpc) is 2.66. The molecule has 21 heavy (non-hydrogen) atoms. The molecule has 118 valence electrons. The van der Waals surface area contributed by atoms with Crippen molar-refractivity contribution in [1.82, 2.24) is 0 Å². The van der Waals surface area contributed by atoms with Crippen molar-refractivity contribution in [2.24, 2.45) is 0 Å². The highest BCUT2D eigenvalue weighted by atomic mass is 33.1. The van der Waals surface area contributed by atoms with E-state index in [1.54, 1.807) is 21.6 Å². The minimum atomic E-state index is -3.00. The molecule has 0 aromatic heterocycles. The van der Waals surface area contributed by atoms with E-state index < -0.39 is 6.49 Å². The Morgan fingerprint density at radius 1 is 1.29 bits per heavy atom. The van der Waals surface area contributed by atoms with E-state index in [0.29, 0.717) is 0 Å². The first-order valence-electron chi connectivity index (χ1n) is 7.03. The standard InChI is InChI=1S/C15H23O2PS3/c1-10(2)18(16,19)17-14-13(20-21-15(14,4)5)12-8-6-11(3)7-9-12/h6-10,13-14H,1-5H3,(H,16,19)/p-1/t13-,14-,18?/m0/s1. The predicted octanol–water partition coefficient (Wildman–Crippen LogP) is 4.67. The highest BCUT2D eigenvalue weighted by molar-refractivity contribution is 8.77. The number of rotatable bonds is 4. The third-order valence-corrected chi connectivity index (χ3v) is 10.6. The van der Waals surface area contributed by atoms with Gasteiger partial charge >= 0.3 is 0 Å². The minimum absolute atomic E-state index is 0.108. The lowest BCUT2D eigenvalue weighted by atomic mass is 9.97. The van der Waals surface area contributed by atoms with Gasteiger partial charge in [-0.05, 0) is 38.5 Å². The van der Waals surface area contributed by atoms with Crippen LogP contribution in [0.15, 0.2) is 24.3 Å². The molecule has 1 aliphatic heterocycles. The van der Waals surface area contributed by atoms with E-state index in [0.717, 1.165) is 0 Å². The zero-order valence-corrected chi connectivity index (χ0v) is 16.4. The molecule has 1 aliphatic rings. The summed E-state index contributed by atoms with van der Waals surface area (Å²) in [6.45, 7) is 7.09. The van der Waals surface area contributed by atoms with Crippen molar-refractivity contribution < 1.29 is 9.42 Å². The predicted molar refractivity (Wildman–Crippen MR) is 97.5 cm³/mol. The van der Waals surface area contributed by atoms with Crippen molar-refractivity contribution in [3.63, 3.8) is 0 Å². The van der Waals surface area contributed by atoms with Gasteiger partial charge in [0.2, 0.25) is 0 Å². The quantitative estimate of drug-likeness (QED) is 0.575. The summed E-state index contributed by atoms with van der Waals surface area (Å²) in [5.41, 5.74) is 2.33. The van der Waals surface area contributed by atoms with E-state index >= 15 is 0 Å². The molecule has 1 aromatic carbocycles. The molecular formula is C15H22O2PS3-. The highest BCUT2D eigenvalue weighted by Gasteiger charge is 2.46. The van der Waals surface area contributed by atoms with Crippen molar-refractivity contribution in [2.75, 3.05) is 0 Å². The van der Waals surface area contributed by atoms with Crippen LogP contribution in [-0.2, 0) is 16.3 Å². The average molecular weight is 362 g/mol. The Hall–Kier alpha value is 0.490. The maximum atomic E-state index is 12.6. The summed E-state index contributed by atoms with van der Waals surface area (Å²) >= 11 is 5.24. The van der Waals surface area contributed by atoms with E-state index in [1.165, 1.54) is 11.1 Å². The van der Waals surface area contributed by atoms with Crippen molar-refractivity contribution >= 4 is 39.9 Å². The van der Waals surface area contributed by atoms with Gasteiger partial charge in [-0.25, -0.2) is 0 Å². The molecule has 1 fully saturated rings. The summed E-state index contributed by atoms with van der Waals surface area (Å²) in [4.78, 5) is 12.6. The molecule has 0 N–H and O–H groups in total. The largest absolute Gasteiger partial charge is 0.800 e. The van der Waals surface area contributed by atoms with E-state index in [4.69, 9.17) is 16.3 Å². The van der Waals surface area contributed by atoms with Gasteiger partial charge in [-0.3, -0.25) is 0 Å². The molecule has 2 rings (SSSR count). The van der Waals surface area contributed by atoms with Crippen molar-refractivity contribution in [3.8, 4) is 0 Å². The summed E-state index contributed by atoms with van der Waals surface area (Å²) in [5.74, 6) is 0. The van der Waals surface area contributed by atoms with Crippen LogP contribution in [0.3, 0.4) is 0 Å². The molecule has 0 radical (unpaired) electrons. The lowest BCUT2D eigenvalue weighted by Crippen LogP contribution is -2.35. The van der Waals surface area contributed by atoms with Crippen LogP contribution in [0.4, 0.5) is 0 Å². The molecule has 0 bridgehead atoms. The number of benzene rings is 1. The number of hydrogen-bond acceptors (Lipinski definition) is 5. The van der Waals surface area contributed by atoms with Crippen LogP contribution in [0, 0.1) is 6.92 Å². The molecule has 1 aromatic rings. The molecule has 3 atom stereocenters. The van der Waals surface area contributed by atoms with Gasteiger partial charge in [0.1, 0.15) is 0 Å². The summed E-state index contributed by atoms with van der Waals surface area (Å²) in [6, 6.07) is 8.49. The first kappa shape index (κ1) is 17.8. The Labute approximate surface area is 141 Å². The maximum Gasteiger partial charge on any atom is 0.0928 e. The molecular weight excluding hydrogens is 339 g/mol. The van der Waals surface area contributed by atoms with Gasteiger partial charge in [0, 0.05) is 4.75 Å². The Balaban J connectivity index is 2.29. The number of aryl methyl sites for hydroxylation is 1. The first-order valence-corrected chi connectivity index (χ1v) is 12.0. The van der Waals surface area contributed by atoms with E-state index in [-0.39, 0.29) is 21.8 Å². The second-order valence-electron chi connectivity index (χ2n) is 6.27. The van der Waals surface area contributed by atoms with Gasteiger partial charge in [-0.2, -0.15) is 0 Å². The van der Waals surface area contributed by atoms with Crippen LogP contribution in [0.1, 0.15) is 44.1 Å². The second-order valence-corrected chi connectivity index (χ2v) is 13.1. The fraction of sp³-hybridized carbons (Fsp3) is 0.600. The third-order valence-electron chi connectivity index (χ3n) is 3.63. The molecule has 1 unspecified atom stereocenters. The lowest BCUT2D eigenvalue weighted by Gasteiger charge is -2.40. The van der Waals surface area contributed by atoms with Crippen LogP contribution >= 0.6 is 28.1 Å². The van der Waals surface area contributed by atoms with Gasteiger partial charge in [0.05, 0.1) is 11.4 Å². The van der Waals surface area contributed by atoms with Crippen LogP contribution in [-0.4, -0.2) is 16.5 Å². The van der Waals surface area contributed by atoms with E-state index in [9.17, 15) is 4.89 Å². The van der Waals surface area contributed by atoms with Gasteiger partial charge in [0.25, 0.3) is 0 Å². The fourth-order valence-electron chi connectivity index (χ4n) is 2.09. The zero-order valence-electron chi connectivity index (χ0n) is 13.0. The topological polar surface area (TPSA) is 32.3 Å². The van der Waals surface area contributed by atoms with Crippen molar-refractivity contribution in [2.45, 2.75) is 56.4 Å². The summed E-state index contributed by atoms with van der Waals surface area (Å²) in [7, 11) is 3.58. The van der Waals surface area contributed by atoms with Gasteiger partial charge < -0.3 is 9.42 Å². The fourth-order valence-corrected chi connectivity index (χ4v) is 6.92. The Morgan fingerprint density at radius 2 is 1.86 bits per heavy atom. The summed E-state index contributed by atoms with van der Waals surface area (Å²) in [6.07, 6.45) is -0.138. The molecule has 1 heterocycles. The molecule has 1 saturated heterocycles. The van der Waals surface area contributed by atoms with Crippen LogP contribution in [0.2, 0.25) is 0 Å². The molecule has 0 saturated carbocycles. The molecule has 0 amide bonds. The first-order chi connectivity index (χ1) is 9.63. The Morgan fingerprint density at radius 3 is 2.38 bits per heavy atom. The van der Waals surface area contributed by atoms with Gasteiger partial charge in [-0.1, -0.05) is 77.1 Å². The molecule has 2 nitrogen and oxygen atoms in total. The normalized spacial score (nSPS) is 27.8. The Kier molecular flexibility index (Phi) is 5.56. The molecule has 6 heteroatoms. The smallest absolute Gasteiger partial charge is 0.0928 e. The third kappa shape index (κ3) is 4.07. The van der Waals surface area contributed by atoms with Crippen LogP contribution in [0.25, 0.3) is 0 Å². The number of hydrogen-bond donors (Lipinski definition) is 0. The van der Waals surface area contributed by atoms with E-state index in [1.807, 2.05) is 13.8 Å². The maximum absolute atomic E-state index is 12.6.